The van der Waals surface area contributed by atoms with Crippen LogP contribution in [0, 0.1) is 0 Å². The third kappa shape index (κ3) is 6.60. The lowest BCUT2D eigenvalue weighted by Crippen LogP contribution is -2.59. The Bertz CT molecular complexity index is 1320. The molecule has 0 fully saturated rings. The zero-order valence-corrected chi connectivity index (χ0v) is 21.4. The first kappa shape index (κ1) is 28.6. The third-order valence-electron chi connectivity index (χ3n) is 6.59. The highest BCUT2D eigenvalue weighted by Crippen LogP contribution is 2.44. The molecule has 11 heteroatoms. The number of nitrogens with one attached hydrogen (secondary N) is 2. The highest BCUT2D eigenvalue weighted by molar-refractivity contribution is 5.90. The smallest absolute Gasteiger partial charge is 0.419 e. The molecule has 3 N–H and O–H groups in total. The topological polar surface area (TPSA) is 114 Å². The van der Waals surface area contributed by atoms with Gasteiger partial charge in [-0.3, -0.25) is 4.79 Å². The van der Waals surface area contributed by atoms with Gasteiger partial charge in [-0.2, -0.15) is 13.2 Å². The van der Waals surface area contributed by atoms with Gasteiger partial charge in [0.1, 0.15) is 12.6 Å². The van der Waals surface area contributed by atoms with Gasteiger partial charge in [-0.1, -0.05) is 78.9 Å². The van der Waals surface area contributed by atoms with E-state index in [1.165, 1.54) is 12.2 Å². The maximum Gasteiger partial charge on any atom is 0.419 e. The van der Waals surface area contributed by atoms with Gasteiger partial charge in [0.15, 0.2) is 0 Å². The number of hydrogen-bond acceptors (Lipinski definition) is 5. The molecule has 0 saturated heterocycles. The van der Waals surface area contributed by atoms with E-state index in [9.17, 15) is 27.6 Å². The summed E-state index contributed by atoms with van der Waals surface area (Å²) in [6.45, 7) is 1.26. The summed E-state index contributed by atoms with van der Waals surface area (Å²) in [6.07, 6.45) is -7.48. The molecule has 0 saturated carbocycles. The predicted octanol–water partition coefficient (Wildman–Crippen LogP) is 4.63. The van der Waals surface area contributed by atoms with Crippen molar-refractivity contribution in [3.8, 4) is 11.1 Å². The fourth-order valence-electron chi connectivity index (χ4n) is 4.58. The van der Waals surface area contributed by atoms with E-state index >= 15 is 0 Å². The van der Waals surface area contributed by atoms with E-state index in [0.29, 0.717) is 5.56 Å². The number of carbonyl (C=O) groups excluding carboxylic acids is 2. The number of carboxylic acids is 1. The standard InChI is InChI=1S/C29H27F3N2O6/c1-17(39-15-18-9-3-2-4-10-18)24(26(35)34-25(27(36)37)29(30,31)32)33-28(38)40-16-23-21-13-7-5-11-19(21)20-12-6-8-14-22(20)23/h2-14,17,23-25H,15-16H2,1H3,(H,33,38)(H,34,35)(H,36,37)/t17-,24+,25?/m0/s1. The summed E-state index contributed by atoms with van der Waals surface area (Å²) in [4.78, 5) is 36.9. The number of ether oxygens (including phenoxy) is 2. The minimum absolute atomic E-state index is 0.0141. The zero-order chi connectivity index (χ0) is 28.9. The predicted molar refractivity (Wildman–Crippen MR) is 138 cm³/mol. The molecule has 4 rings (SSSR count). The van der Waals surface area contributed by atoms with Gasteiger partial charge < -0.3 is 25.2 Å². The van der Waals surface area contributed by atoms with Crippen LogP contribution in [0.2, 0.25) is 0 Å². The van der Waals surface area contributed by atoms with E-state index in [4.69, 9.17) is 14.6 Å². The van der Waals surface area contributed by atoms with Crippen LogP contribution >= 0.6 is 0 Å². The number of hydrogen-bond donors (Lipinski definition) is 3. The molecule has 0 bridgehead atoms. The summed E-state index contributed by atoms with van der Waals surface area (Å²) in [5.41, 5.74) is 4.60. The number of carbonyl (C=O) groups is 3. The van der Waals surface area contributed by atoms with Crippen molar-refractivity contribution in [2.45, 2.75) is 43.8 Å². The molecule has 1 aliphatic rings. The van der Waals surface area contributed by atoms with Crippen molar-refractivity contribution in [1.82, 2.24) is 10.6 Å². The normalized spacial score (nSPS) is 14.8. The lowest BCUT2D eigenvalue weighted by molar-refractivity contribution is -0.182. The Morgan fingerprint density at radius 2 is 1.43 bits per heavy atom. The fourth-order valence-corrected chi connectivity index (χ4v) is 4.58. The molecule has 0 heterocycles. The molecule has 0 radical (unpaired) electrons. The minimum Gasteiger partial charge on any atom is -0.479 e. The van der Waals surface area contributed by atoms with Crippen LogP contribution in [-0.4, -0.2) is 54.0 Å². The molecule has 0 aliphatic heterocycles. The lowest BCUT2D eigenvalue weighted by atomic mass is 9.98. The number of amides is 2. The SMILES string of the molecule is C[C@H](OCc1ccccc1)[C@@H](NC(=O)OCC1c2ccccc2-c2ccccc21)C(=O)NC(C(=O)O)C(F)(F)F. The second-order valence-corrected chi connectivity index (χ2v) is 9.27. The fraction of sp³-hybridized carbons (Fsp3) is 0.276. The number of carboxylic acid groups (broad SMARTS) is 1. The Balaban J connectivity index is 1.48. The number of aliphatic carboxylic acids is 1. The molecule has 2 amide bonds. The summed E-state index contributed by atoms with van der Waals surface area (Å²) in [6, 6.07) is 19.2. The molecule has 40 heavy (non-hydrogen) atoms. The number of halogens is 3. The molecular weight excluding hydrogens is 529 g/mol. The van der Waals surface area contributed by atoms with Crippen molar-refractivity contribution in [3.63, 3.8) is 0 Å². The number of fused-ring (bicyclic) bond motifs is 3. The molecule has 1 unspecified atom stereocenters. The van der Waals surface area contributed by atoms with Crippen LogP contribution in [-0.2, 0) is 25.7 Å². The van der Waals surface area contributed by atoms with Gasteiger partial charge in [-0.15, -0.1) is 0 Å². The second kappa shape index (κ2) is 12.2. The van der Waals surface area contributed by atoms with Crippen LogP contribution in [0.25, 0.3) is 11.1 Å². The number of rotatable bonds is 10. The first-order valence-electron chi connectivity index (χ1n) is 12.4. The van der Waals surface area contributed by atoms with E-state index in [1.807, 2.05) is 48.5 Å². The monoisotopic (exact) mass is 556 g/mol. The van der Waals surface area contributed by atoms with Crippen LogP contribution in [0.4, 0.5) is 18.0 Å². The Morgan fingerprint density at radius 1 is 0.875 bits per heavy atom. The Kier molecular flexibility index (Phi) is 8.73. The number of alkyl halides is 3. The Labute approximate surface area is 228 Å². The number of benzene rings is 3. The highest BCUT2D eigenvalue weighted by atomic mass is 19.4. The van der Waals surface area contributed by atoms with Gasteiger partial charge in [-0.25, -0.2) is 9.59 Å². The second-order valence-electron chi connectivity index (χ2n) is 9.27. The van der Waals surface area contributed by atoms with Gasteiger partial charge in [0.2, 0.25) is 11.9 Å². The molecule has 1 aliphatic carbocycles. The van der Waals surface area contributed by atoms with E-state index in [-0.39, 0.29) is 19.1 Å². The van der Waals surface area contributed by atoms with E-state index in [1.54, 1.807) is 30.3 Å². The van der Waals surface area contributed by atoms with Gasteiger partial charge in [-0.05, 0) is 34.7 Å². The van der Waals surface area contributed by atoms with Gasteiger partial charge in [0.25, 0.3) is 0 Å². The summed E-state index contributed by atoms with van der Waals surface area (Å²) in [7, 11) is 0. The van der Waals surface area contributed by atoms with E-state index in [2.05, 4.69) is 5.32 Å². The van der Waals surface area contributed by atoms with Gasteiger partial charge in [0.05, 0.1) is 12.7 Å². The van der Waals surface area contributed by atoms with Crippen molar-refractivity contribution in [2.75, 3.05) is 6.61 Å². The maximum atomic E-state index is 13.2. The maximum absolute atomic E-state index is 13.2. The van der Waals surface area contributed by atoms with Crippen molar-refractivity contribution >= 4 is 18.0 Å². The largest absolute Gasteiger partial charge is 0.479 e. The van der Waals surface area contributed by atoms with E-state index in [0.717, 1.165) is 22.3 Å². The molecule has 3 aromatic rings. The van der Waals surface area contributed by atoms with Crippen molar-refractivity contribution < 1.29 is 42.1 Å². The van der Waals surface area contributed by atoms with Crippen LogP contribution in [0.15, 0.2) is 78.9 Å². The van der Waals surface area contributed by atoms with Crippen LogP contribution in [0.5, 0.6) is 0 Å². The molecule has 0 spiro atoms. The molecule has 3 atom stereocenters. The minimum atomic E-state index is -5.26. The Morgan fingerprint density at radius 3 is 1.98 bits per heavy atom. The van der Waals surface area contributed by atoms with Crippen molar-refractivity contribution in [1.29, 1.82) is 0 Å². The summed E-state index contributed by atoms with van der Waals surface area (Å²) >= 11 is 0. The first-order chi connectivity index (χ1) is 19.1. The quantitative estimate of drug-likeness (QED) is 0.336. The highest BCUT2D eigenvalue weighted by Gasteiger charge is 2.47. The van der Waals surface area contributed by atoms with Crippen LogP contribution in [0.1, 0.15) is 29.5 Å². The molecule has 0 aromatic heterocycles. The van der Waals surface area contributed by atoms with Crippen LogP contribution in [0.3, 0.4) is 0 Å². The molecular formula is C29H27F3N2O6. The first-order valence-corrected chi connectivity index (χ1v) is 12.4. The van der Waals surface area contributed by atoms with Crippen molar-refractivity contribution in [3.05, 3.63) is 95.6 Å². The molecule has 210 valence electrons. The van der Waals surface area contributed by atoms with Gasteiger partial charge >= 0.3 is 18.2 Å². The summed E-state index contributed by atoms with van der Waals surface area (Å²) < 4.78 is 50.8. The average molecular weight is 557 g/mol. The average Bonchev–Trinajstić information content (AvgIpc) is 3.25. The molecule has 8 nitrogen and oxygen atoms in total. The Hall–Kier alpha value is -4.38. The van der Waals surface area contributed by atoms with Crippen LogP contribution < -0.4 is 10.6 Å². The zero-order valence-electron chi connectivity index (χ0n) is 21.4. The number of alkyl carbamates (subject to hydrolysis) is 1. The lowest BCUT2D eigenvalue weighted by Gasteiger charge is -2.27. The molecule has 3 aromatic carbocycles. The van der Waals surface area contributed by atoms with Gasteiger partial charge in [0, 0.05) is 5.92 Å². The van der Waals surface area contributed by atoms with E-state index < -0.39 is 42.3 Å². The summed E-state index contributed by atoms with van der Waals surface area (Å²) in [5.74, 6) is -3.98. The third-order valence-corrected chi connectivity index (χ3v) is 6.59. The van der Waals surface area contributed by atoms with Crippen molar-refractivity contribution in [2.24, 2.45) is 0 Å². The summed E-state index contributed by atoms with van der Waals surface area (Å²) in [5, 5.41) is 12.7.